The molecule has 1 saturated heterocycles. The van der Waals surface area contributed by atoms with Crippen LogP contribution < -0.4 is 9.80 Å². The Hall–Kier alpha value is -3.06. The second-order valence-corrected chi connectivity index (χ2v) is 6.41. The van der Waals surface area contributed by atoms with Gasteiger partial charge in [0.2, 0.25) is 0 Å². The molecule has 7 heteroatoms. The summed E-state index contributed by atoms with van der Waals surface area (Å²) in [4.78, 5) is 39.7. The minimum Gasteiger partial charge on any atom is -0.316 e. The molecule has 2 aromatic carbocycles. The fourth-order valence-corrected chi connectivity index (χ4v) is 2.89. The molecule has 3 rings (SSSR count). The summed E-state index contributed by atoms with van der Waals surface area (Å²) in [5, 5.41) is 0. The molecular weight excluding hydrogens is 337 g/mol. The van der Waals surface area contributed by atoms with E-state index in [1.54, 1.807) is 43.4 Å². The molecule has 134 valence electrons. The Morgan fingerprint density at radius 2 is 1.69 bits per heavy atom. The van der Waals surface area contributed by atoms with Crippen LogP contribution in [0.15, 0.2) is 48.5 Å². The van der Waals surface area contributed by atoms with Gasteiger partial charge in [0.15, 0.2) is 6.67 Å². The van der Waals surface area contributed by atoms with Crippen LogP contribution in [0.2, 0.25) is 0 Å². The molecule has 4 amide bonds. The quantitative estimate of drug-likeness (QED) is 0.645. The van der Waals surface area contributed by atoms with Gasteiger partial charge in [0.1, 0.15) is 12.4 Å². The smallest absolute Gasteiger partial charge is 0.316 e. The molecule has 1 unspecified atom stereocenters. The van der Waals surface area contributed by atoms with Crippen molar-refractivity contribution in [3.05, 3.63) is 65.5 Å². The van der Waals surface area contributed by atoms with E-state index in [0.717, 1.165) is 25.8 Å². The Balaban J connectivity index is 1.73. The topological polar surface area (TPSA) is 62.1 Å². The van der Waals surface area contributed by atoms with Crippen molar-refractivity contribution in [2.75, 3.05) is 18.6 Å². The molecule has 0 radical (unpaired) electrons. The van der Waals surface area contributed by atoms with Crippen molar-refractivity contribution in [1.82, 2.24) is 4.90 Å². The number of imide groups is 2. The van der Waals surface area contributed by atoms with E-state index in [1.165, 1.54) is 12.1 Å². The minimum absolute atomic E-state index is 0.0162. The van der Waals surface area contributed by atoms with Crippen molar-refractivity contribution in [3.63, 3.8) is 0 Å². The Morgan fingerprint density at radius 1 is 1.00 bits per heavy atom. The summed E-state index contributed by atoms with van der Waals surface area (Å²) >= 11 is 0. The SMILES string of the molecule is Cc1ccc(N2C(=O)C(=O)N(C[NH+](C)Cc3cccc(F)c3)C2=O)cc1. The van der Waals surface area contributed by atoms with Gasteiger partial charge in [-0.25, -0.2) is 19.0 Å². The summed E-state index contributed by atoms with van der Waals surface area (Å²) < 4.78 is 13.3. The lowest BCUT2D eigenvalue weighted by Gasteiger charge is -2.20. The standard InChI is InChI=1S/C19H18FN3O3/c1-13-6-8-16(9-7-13)23-18(25)17(24)22(19(23)26)12-21(2)11-14-4-3-5-15(20)10-14/h3-10H,11-12H2,1-2H3/p+1. The van der Waals surface area contributed by atoms with Crippen LogP contribution in [-0.2, 0) is 16.1 Å². The fourth-order valence-electron chi connectivity index (χ4n) is 2.89. The maximum absolute atomic E-state index is 13.3. The number of anilines is 1. The zero-order chi connectivity index (χ0) is 18.8. The number of halogens is 1. The normalized spacial score (nSPS) is 15.7. The molecule has 1 aliphatic rings. The van der Waals surface area contributed by atoms with E-state index in [0.29, 0.717) is 12.2 Å². The van der Waals surface area contributed by atoms with Crippen molar-refractivity contribution in [1.29, 1.82) is 0 Å². The Kier molecular flexibility index (Phi) is 4.81. The number of hydrogen-bond donors (Lipinski definition) is 1. The molecule has 0 aliphatic carbocycles. The highest BCUT2D eigenvalue weighted by molar-refractivity contribution is 6.52. The zero-order valence-electron chi connectivity index (χ0n) is 14.5. The number of quaternary nitrogens is 1. The molecule has 0 saturated carbocycles. The Bertz CT molecular complexity index is 867. The molecule has 0 spiro atoms. The predicted octanol–water partition coefficient (Wildman–Crippen LogP) is 1.10. The number of nitrogens with one attached hydrogen (secondary N) is 1. The van der Waals surface area contributed by atoms with Gasteiger partial charge < -0.3 is 4.90 Å². The summed E-state index contributed by atoms with van der Waals surface area (Å²) in [6.45, 7) is 2.31. The third-order valence-electron chi connectivity index (χ3n) is 4.17. The first-order valence-electron chi connectivity index (χ1n) is 8.19. The van der Waals surface area contributed by atoms with E-state index in [1.807, 2.05) is 6.92 Å². The summed E-state index contributed by atoms with van der Waals surface area (Å²) in [6, 6.07) is 12.3. The molecule has 1 atom stereocenters. The fraction of sp³-hybridized carbons (Fsp3) is 0.211. The molecule has 1 aliphatic heterocycles. The number of amides is 4. The van der Waals surface area contributed by atoms with Crippen molar-refractivity contribution < 1.29 is 23.7 Å². The first-order chi connectivity index (χ1) is 12.4. The number of carbonyl (C=O) groups is 3. The third-order valence-corrected chi connectivity index (χ3v) is 4.17. The first kappa shape index (κ1) is 17.8. The van der Waals surface area contributed by atoms with Crippen LogP contribution in [0.4, 0.5) is 14.9 Å². The lowest BCUT2D eigenvalue weighted by molar-refractivity contribution is -0.901. The molecule has 1 N–H and O–H groups in total. The summed E-state index contributed by atoms with van der Waals surface area (Å²) in [7, 11) is 1.77. The van der Waals surface area contributed by atoms with Crippen molar-refractivity contribution in [2.45, 2.75) is 13.5 Å². The van der Waals surface area contributed by atoms with Crippen molar-refractivity contribution in [3.8, 4) is 0 Å². The van der Waals surface area contributed by atoms with Gasteiger partial charge in [-0.3, -0.25) is 9.59 Å². The number of urea groups is 1. The molecule has 26 heavy (non-hydrogen) atoms. The lowest BCUT2D eigenvalue weighted by atomic mass is 10.2. The minimum atomic E-state index is -0.864. The van der Waals surface area contributed by atoms with Gasteiger partial charge in [0, 0.05) is 5.56 Å². The van der Waals surface area contributed by atoms with Gasteiger partial charge in [0.25, 0.3) is 0 Å². The first-order valence-corrected chi connectivity index (χ1v) is 8.19. The average Bonchev–Trinajstić information content (AvgIpc) is 2.80. The monoisotopic (exact) mass is 356 g/mol. The van der Waals surface area contributed by atoms with Gasteiger partial charge in [-0.05, 0) is 31.2 Å². The lowest BCUT2D eigenvalue weighted by Crippen LogP contribution is -3.09. The molecule has 6 nitrogen and oxygen atoms in total. The number of carbonyl (C=O) groups excluding carboxylic acids is 3. The Labute approximate surface area is 150 Å². The number of rotatable bonds is 5. The van der Waals surface area contributed by atoms with E-state index >= 15 is 0 Å². The van der Waals surface area contributed by atoms with Crippen molar-refractivity contribution >= 4 is 23.5 Å². The number of hydrogen-bond acceptors (Lipinski definition) is 3. The van der Waals surface area contributed by atoms with Gasteiger partial charge in [-0.2, -0.15) is 0 Å². The highest BCUT2D eigenvalue weighted by Crippen LogP contribution is 2.21. The summed E-state index contributed by atoms with van der Waals surface area (Å²) in [5.74, 6) is -2.06. The summed E-state index contributed by atoms with van der Waals surface area (Å²) in [6.07, 6.45) is 0. The molecule has 1 heterocycles. The molecule has 0 bridgehead atoms. The van der Waals surface area contributed by atoms with Crippen LogP contribution in [0.3, 0.4) is 0 Å². The number of nitrogens with zero attached hydrogens (tertiary/aromatic N) is 2. The van der Waals surface area contributed by atoms with E-state index in [2.05, 4.69) is 0 Å². The predicted molar refractivity (Wildman–Crippen MR) is 92.8 cm³/mol. The van der Waals surface area contributed by atoms with E-state index in [-0.39, 0.29) is 12.5 Å². The van der Waals surface area contributed by atoms with Crippen LogP contribution in [0, 0.1) is 12.7 Å². The van der Waals surface area contributed by atoms with Gasteiger partial charge >= 0.3 is 17.8 Å². The van der Waals surface area contributed by atoms with E-state index in [9.17, 15) is 18.8 Å². The maximum atomic E-state index is 13.3. The zero-order valence-corrected chi connectivity index (χ0v) is 14.5. The number of benzene rings is 2. The van der Waals surface area contributed by atoms with Gasteiger partial charge in [-0.1, -0.05) is 29.8 Å². The van der Waals surface area contributed by atoms with Gasteiger partial charge in [0.05, 0.1) is 12.7 Å². The van der Waals surface area contributed by atoms with Crippen molar-refractivity contribution in [2.24, 2.45) is 0 Å². The van der Waals surface area contributed by atoms with Crippen LogP contribution in [0.5, 0.6) is 0 Å². The highest BCUT2D eigenvalue weighted by atomic mass is 19.1. The van der Waals surface area contributed by atoms with E-state index < -0.39 is 17.8 Å². The molecular formula is C19H19FN3O3+. The summed E-state index contributed by atoms with van der Waals surface area (Å²) in [5.41, 5.74) is 2.09. The maximum Gasteiger partial charge on any atom is 0.343 e. The van der Waals surface area contributed by atoms with Crippen LogP contribution in [0.1, 0.15) is 11.1 Å². The van der Waals surface area contributed by atoms with Crippen LogP contribution in [0.25, 0.3) is 0 Å². The van der Waals surface area contributed by atoms with Crippen LogP contribution in [-0.4, -0.2) is 36.5 Å². The Morgan fingerprint density at radius 3 is 2.35 bits per heavy atom. The number of aryl methyl sites for hydroxylation is 1. The molecule has 1 fully saturated rings. The second kappa shape index (κ2) is 7.05. The largest absolute Gasteiger partial charge is 0.343 e. The molecule has 0 aromatic heterocycles. The third kappa shape index (κ3) is 3.48. The van der Waals surface area contributed by atoms with Gasteiger partial charge in [-0.15, -0.1) is 0 Å². The highest BCUT2D eigenvalue weighted by Gasteiger charge is 2.46. The van der Waals surface area contributed by atoms with E-state index in [4.69, 9.17) is 0 Å². The average molecular weight is 356 g/mol. The molecule has 2 aromatic rings. The second-order valence-electron chi connectivity index (χ2n) is 6.41. The van der Waals surface area contributed by atoms with Crippen LogP contribution >= 0.6 is 0 Å².